The lowest BCUT2D eigenvalue weighted by Gasteiger charge is -2.22. The van der Waals surface area contributed by atoms with Gasteiger partial charge in [0.15, 0.2) is 0 Å². The van der Waals surface area contributed by atoms with Crippen molar-refractivity contribution >= 4 is 23.2 Å². The van der Waals surface area contributed by atoms with Crippen molar-refractivity contribution in [1.29, 1.82) is 0 Å². The molecule has 0 aliphatic carbocycles. The third kappa shape index (κ3) is 4.41. The number of amides is 2. The molecule has 2 aromatic rings. The molecule has 1 fully saturated rings. The van der Waals surface area contributed by atoms with E-state index in [4.69, 9.17) is 0 Å². The Morgan fingerprint density at radius 3 is 2.38 bits per heavy atom. The zero-order chi connectivity index (χ0) is 16.8. The molecule has 24 heavy (non-hydrogen) atoms. The SMILES string of the molecule is O=C(Cc1cccnc1)N1CCCN(C(=O)Cc2cccs2)CC1. The number of pyridine rings is 1. The molecule has 0 bridgehead atoms. The number of rotatable bonds is 4. The minimum atomic E-state index is 0.107. The molecule has 3 rings (SSSR count). The van der Waals surface area contributed by atoms with Crippen LogP contribution in [0.25, 0.3) is 0 Å². The molecule has 0 atom stereocenters. The van der Waals surface area contributed by atoms with Gasteiger partial charge in [-0.1, -0.05) is 12.1 Å². The molecule has 1 aliphatic heterocycles. The number of aromatic nitrogens is 1. The average molecular weight is 343 g/mol. The van der Waals surface area contributed by atoms with Gasteiger partial charge in [-0.15, -0.1) is 11.3 Å². The maximum atomic E-state index is 12.4. The van der Waals surface area contributed by atoms with Gasteiger partial charge < -0.3 is 9.80 Å². The van der Waals surface area contributed by atoms with E-state index in [2.05, 4.69) is 4.98 Å². The standard InChI is InChI=1S/C18H21N3O2S/c22-17(12-15-4-1-6-19-14-15)20-7-3-8-21(10-9-20)18(23)13-16-5-2-11-24-16/h1-2,4-6,11,14H,3,7-10,12-13H2. The molecule has 0 unspecified atom stereocenters. The van der Waals surface area contributed by atoms with Crippen molar-refractivity contribution in [2.24, 2.45) is 0 Å². The van der Waals surface area contributed by atoms with Crippen LogP contribution in [0.4, 0.5) is 0 Å². The second-order valence-electron chi connectivity index (χ2n) is 5.91. The number of thiophene rings is 1. The first kappa shape index (κ1) is 16.6. The third-order valence-corrected chi connectivity index (χ3v) is 5.06. The smallest absolute Gasteiger partial charge is 0.227 e. The molecule has 6 heteroatoms. The predicted molar refractivity (Wildman–Crippen MR) is 93.7 cm³/mol. The van der Waals surface area contributed by atoms with E-state index in [9.17, 15) is 9.59 Å². The lowest BCUT2D eigenvalue weighted by molar-refractivity contribution is -0.132. The topological polar surface area (TPSA) is 53.5 Å². The summed E-state index contributed by atoms with van der Waals surface area (Å²) in [5.74, 6) is 0.259. The normalized spacial score (nSPS) is 15.2. The highest BCUT2D eigenvalue weighted by Crippen LogP contribution is 2.13. The van der Waals surface area contributed by atoms with Crippen molar-refractivity contribution in [3.05, 3.63) is 52.5 Å². The van der Waals surface area contributed by atoms with Crippen LogP contribution in [0.3, 0.4) is 0 Å². The van der Waals surface area contributed by atoms with Gasteiger partial charge >= 0.3 is 0 Å². The average Bonchev–Trinajstić information content (AvgIpc) is 2.96. The lowest BCUT2D eigenvalue weighted by atomic mass is 10.2. The Kier molecular flexibility index (Phi) is 5.59. The maximum absolute atomic E-state index is 12.4. The summed E-state index contributed by atoms with van der Waals surface area (Å²) in [5, 5.41) is 1.99. The Balaban J connectivity index is 1.52. The molecule has 1 saturated heterocycles. The van der Waals surface area contributed by atoms with Crippen molar-refractivity contribution in [3.63, 3.8) is 0 Å². The van der Waals surface area contributed by atoms with Crippen LogP contribution in [-0.4, -0.2) is 52.8 Å². The van der Waals surface area contributed by atoms with E-state index in [-0.39, 0.29) is 11.8 Å². The molecule has 126 valence electrons. The Hall–Kier alpha value is -2.21. The van der Waals surface area contributed by atoms with Gasteiger partial charge in [-0.25, -0.2) is 0 Å². The molecular weight excluding hydrogens is 322 g/mol. The Morgan fingerprint density at radius 2 is 1.75 bits per heavy atom. The molecule has 5 nitrogen and oxygen atoms in total. The van der Waals surface area contributed by atoms with Gasteiger partial charge in [0, 0.05) is 43.4 Å². The van der Waals surface area contributed by atoms with Crippen molar-refractivity contribution in [2.75, 3.05) is 26.2 Å². The third-order valence-electron chi connectivity index (χ3n) is 4.19. The fourth-order valence-electron chi connectivity index (χ4n) is 2.88. The quantitative estimate of drug-likeness (QED) is 0.853. The van der Waals surface area contributed by atoms with Crippen LogP contribution in [-0.2, 0) is 22.4 Å². The van der Waals surface area contributed by atoms with Gasteiger partial charge in [-0.05, 0) is 29.5 Å². The lowest BCUT2D eigenvalue weighted by Crippen LogP contribution is -2.38. The van der Waals surface area contributed by atoms with Crippen LogP contribution in [0, 0.1) is 0 Å². The van der Waals surface area contributed by atoms with E-state index in [1.54, 1.807) is 23.7 Å². The maximum Gasteiger partial charge on any atom is 0.227 e. The van der Waals surface area contributed by atoms with Gasteiger partial charge in [0.1, 0.15) is 0 Å². The van der Waals surface area contributed by atoms with E-state index in [0.29, 0.717) is 32.5 Å². The van der Waals surface area contributed by atoms with E-state index < -0.39 is 0 Å². The van der Waals surface area contributed by atoms with Crippen molar-refractivity contribution in [2.45, 2.75) is 19.3 Å². The van der Waals surface area contributed by atoms with Crippen molar-refractivity contribution in [1.82, 2.24) is 14.8 Å². The van der Waals surface area contributed by atoms with Crippen LogP contribution in [0.5, 0.6) is 0 Å². The van der Waals surface area contributed by atoms with E-state index in [1.807, 2.05) is 39.4 Å². The molecule has 0 spiro atoms. The number of nitrogens with zero attached hydrogens (tertiary/aromatic N) is 3. The van der Waals surface area contributed by atoms with Crippen molar-refractivity contribution in [3.8, 4) is 0 Å². The van der Waals surface area contributed by atoms with Gasteiger partial charge in [0.05, 0.1) is 12.8 Å². The number of hydrogen-bond donors (Lipinski definition) is 0. The van der Waals surface area contributed by atoms with Crippen molar-refractivity contribution < 1.29 is 9.59 Å². The zero-order valence-corrected chi connectivity index (χ0v) is 14.4. The molecule has 2 aromatic heterocycles. The molecular formula is C18H21N3O2S. The summed E-state index contributed by atoms with van der Waals surface area (Å²) in [7, 11) is 0. The first-order chi connectivity index (χ1) is 11.7. The first-order valence-corrected chi connectivity index (χ1v) is 9.07. The molecule has 0 N–H and O–H groups in total. The van der Waals surface area contributed by atoms with Gasteiger partial charge in [0.2, 0.25) is 11.8 Å². The Morgan fingerprint density at radius 1 is 1.00 bits per heavy atom. The molecule has 0 saturated carbocycles. The molecule has 3 heterocycles. The molecule has 0 radical (unpaired) electrons. The van der Waals surface area contributed by atoms with Crippen LogP contribution in [0.1, 0.15) is 16.9 Å². The minimum absolute atomic E-state index is 0.107. The summed E-state index contributed by atoms with van der Waals surface area (Å²) in [4.78, 5) is 33.7. The summed E-state index contributed by atoms with van der Waals surface area (Å²) in [6.07, 6.45) is 5.09. The first-order valence-electron chi connectivity index (χ1n) is 8.19. The predicted octanol–water partition coefficient (Wildman–Crippen LogP) is 1.99. The van der Waals surface area contributed by atoms with E-state index in [1.165, 1.54) is 0 Å². The van der Waals surface area contributed by atoms with Crippen LogP contribution < -0.4 is 0 Å². The largest absolute Gasteiger partial charge is 0.341 e. The van der Waals surface area contributed by atoms with E-state index in [0.717, 1.165) is 23.4 Å². The monoisotopic (exact) mass is 343 g/mol. The Bertz CT molecular complexity index is 673. The van der Waals surface area contributed by atoms with Gasteiger partial charge in [0.25, 0.3) is 0 Å². The summed E-state index contributed by atoms with van der Waals surface area (Å²) in [5.41, 5.74) is 0.928. The second kappa shape index (κ2) is 8.06. The number of carbonyl (C=O) groups is 2. The fourth-order valence-corrected chi connectivity index (χ4v) is 3.58. The highest BCUT2D eigenvalue weighted by Gasteiger charge is 2.22. The zero-order valence-electron chi connectivity index (χ0n) is 13.6. The Labute approximate surface area is 145 Å². The summed E-state index contributed by atoms with van der Waals surface area (Å²) < 4.78 is 0. The molecule has 1 aliphatic rings. The van der Waals surface area contributed by atoms with Gasteiger partial charge in [-0.3, -0.25) is 14.6 Å². The van der Waals surface area contributed by atoms with Gasteiger partial charge in [-0.2, -0.15) is 0 Å². The number of carbonyl (C=O) groups excluding carboxylic acids is 2. The highest BCUT2D eigenvalue weighted by molar-refractivity contribution is 7.10. The molecule has 2 amide bonds. The van der Waals surface area contributed by atoms with Crippen LogP contribution in [0.2, 0.25) is 0 Å². The number of hydrogen-bond acceptors (Lipinski definition) is 4. The minimum Gasteiger partial charge on any atom is -0.341 e. The highest BCUT2D eigenvalue weighted by atomic mass is 32.1. The second-order valence-corrected chi connectivity index (χ2v) is 6.94. The molecule has 0 aromatic carbocycles. The van der Waals surface area contributed by atoms with E-state index >= 15 is 0 Å². The summed E-state index contributed by atoms with van der Waals surface area (Å²) in [6.45, 7) is 2.65. The summed E-state index contributed by atoms with van der Waals surface area (Å²) in [6, 6.07) is 7.72. The van der Waals surface area contributed by atoms with Crippen LogP contribution >= 0.6 is 11.3 Å². The fraction of sp³-hybridized carbons (Fsp3) is 0.389. The van der Waals surface area contributed by atoms with Crippen LogP contribution in [0.15, 0.2) is 42.0 Å². The summed E-state index contributed by atoms with van der Waals surface area (Å²) >= 11 is 1.61.